The highest BCUT2D eigenvalue weighted by Gasteiger charge is 2.11. The molecule has 0 atom stereocenters. The van der Waals surface area contributed by atoms with Crippen LogP contribution in [-0.2, 0) is 0 Å². The van der Waals surface area contributed by atoms with Crippen molar-refractivity contribution in [2.75, 3.05) is 0 Å². The number of hydrogen-bond donors (Lipinski definition) is 1. The molecule has 3 aromatic rings. The summed E-state index contributed by atoms with van der Waals surface area (Å²) in [4.78, 5) is 16.2. The van der Waals surface area contributed by atoms with Gasteiger partial charge in [0, 0.05) is 11.8 Å². The quantitative estimate of drug-likeness (QED) is 0.567. The van der Waals surface area contributed by atoms with Crippen LogP contribution in [0.2, 0.25) is 0 Å². The van der Waals surface area contributed by atoms with Gasteiger partial charge in [-0.25, -0.2) is 14.2 Å². The minimum atomic E-state index is -0.615. The van der Waals surface area contributed by atoms with Gasteiger partial charge >= 0.3 is 5.97 Å². The third-order valence-electron chi connectivity index (χ3n) is 3.82. The fourth-order valence-electron chi connectivity index (χ4n) is 2.47. The lowest BCUT2D eigenvalue weighted by atomic mass is 10.0. The summed E-state index contributed by atoms with van der Waals surface area (Å²) in [6, 6.07) is 12.2. The van der Waals surface area contributed by atoms with Gasteiger partial charge in [0.1, 0.15) is 23.0 Å². The van der Waals surface area contributed by atoms with Gasteiger partial charge in [-0.05, 0) is 73.0 Å². The number of aromatic hydroxyl groups is 1. The molecule has 5 heteroatoms. The number of aromatic nitrogens is 1. The number of benzene rings is 2. The van der Waals surface area contributed by atoms with E-state index in [2.05, 4.69) is 4.98 Å². The lowest BCUT2D eigenvalue weighted by Gasteiger charge is -2.08. The van der Waals surface area contributed by atoms with E-state index in [-0.39, 0.29) is 17.2 Å². The summed E-state index contributed by atoms with van der Waals surface area (Å²) >= 11 is 0. The number of ether oxygens (including phenoxy) is 1. The molecule has 0 fully saturated rings. The number of carbonyl (C=O) groups is 1. The molecule has 25 heavy (non-hydrogen) atoms. The summed E-state index contributed by atoms with van der Waals surface area (Å²) in [5.41, 5.74) is 3.42. The Morgan fingerprint density at radius 1 is 1.00 bits per heavy atom. The molecule has 3 rings (SSSR count). The molecule has 2 aromatic carbocycles. The summed E-state index contributed by atoms with van der Waals surface area (Å²) in [6.45, 7) is 3.65. The van der Waals surface area contributed by atoms with Gasteiger partial charge in [-0.1, -0.05) is 6.07 Å². The lowest BCUT2D eigenvalue weighted by Crippen LogP contribution is -2.10. The zero-order valence-corrected chi connectivity index (χ0v) is 13.8. The molecule has 0 aliphatic rings. The van der Waals surface area contributed by atoms with Gasteiger partial charge in [-0.15, -0.1) is 0 Å². The molecule has 0 saturated carbocycles. The van der Waals surface area contributed by atoms with Crippen molar-refractivity contribution in [1.29, 1.82) is 0 Å². The summed E-state index contributed by atoms with van der Waals surface area (Å²) in [5, 5.41) is 9.85. The van der Waals surface area contributed by atoms with Gasteiger partial charge < -0.3 is 9.84 Å². The second-order valence-corrected chi connectivity index (χ2v) is 5.73. The Labute approximate surface area is 144 Å². The van der Waals surface area contributed by atoms with E-state index in [0.29, 0.717) is 0 Å². The predicted molar refractivity (Wildman–Crippen MR) is 92.2 cm³/mol. The van der Waals surface area contributed by atoms with E-state index >= 15 is 0 Å². The molecular formula is C20H16FNO3. The van der Waals surface area contributed by atoms with Crippen molar-refractivity contribution in [2.45, 2.75) is 13.8 Å². The van der Waals surface area contributed by atoms with Crippen LogP contribution in [0.3, 0.4) is 0 Å². The molecule has 1 N–H and O–H groups in total. The van der Waals surface area contributed by atoms with E-state index in [9.17, 15) is 14.3 Å². The first-order chi connectivity index (χ1) is 11.9. The molecule has 1 heterocycles. The van der Waals surface area contributed by atoms with Crippen molar-refractivity contribution in [2.24, 2.45) is 0 Å². The Hall–Kier alpha value is -3.21. The van der Waals surface area contributed by atoms with Crippen LogP contribution in [-0.4, -0.2) is 16.1 Å². The third kappa shape index (κ3) is 3.66. The predicted octanol–water partition coefficient (Wildman–Crippen LogP) is 4.43. The highest BCUT2D eigenvalue weighted by molar-refractivity contribution is 5.89. The summed E-state index contributed by atoms with van der Waals surface area (Å²) in [6.07, 6.45) is 1.58. The topological polar surface area (TPSA) is 59.4 Å². The molecule has 0 spiro atoms. The van der Waals surface area contributed by atoms with E-state index in [1.165, 1.54) is 24.3 Å². The van der Waals surface area contributed by atoms with Crippen molar-refractivity contribution in [3.63, 3.8) is 0 Å². The Morgan fingerprint density at radius 2 is 1.64 bits per heavy atom. The fourth-order valence-corrected chi connectivity index (χ4v) is 2.47. The van der Waals surface area contributed by atoms with Crippen molar-refractivity contribution in [1.82, 2.24) is 4.98 Å². The average Bonchev–Trinajstić information content (AvgIpc) is 2.61. The normalized spacial score (nSPS) is 10.5. The highest BCUT2D eigenvalue weighted by atomic mass is 19.1. The van der Waals surface area contributed by atoms with Crippen LogP contribution in [0.4, 0.5) is 4.39 Å². The molecule has 1 aromatic heterocycles. The first kappa shape index (κ1) is 16.6. The Balaban J connectivity index is 1.80. The number of hydrogen-bond acceptors (Lipinski definition) is 4. The largest absolute Gasteiger partial charge is 0.507 e. The maximum absolute atomic E-state index is 12.9. The van der Waals surface area contributed by atoms with Crippen molar-refractivity contribution >= 4 is 5.97 Å². The molecule has 0 aliphatic carbocycles. The summed E-state index contributed by atoms with van der Waals surface area (Å²) in [5.74, 6) is -0.490. The maximum Gasteiger partial charge on any atom is 0.362 e. The number of nitrogens with zero attached hydrogens (tertiary/aromatic N) is 1. The summed E-state index contributed by atoms with van der Waals surface area (Å²) in [7, 11) is 0. The minimum absolute atomic E-state index is 0.153. The fraction of sp³-hybridized carbons (Fsp3) is 0.100. The first-order valence-electron chi connectivity index (χ1n) is 7.68. The van der Waals surface area contributed by atoms with Gasteiger partial charge in [0.25, 0.3) is 0 Å². The number of carbonyl (C=O) groups excluding carboxylic acids is 1. The first-order valence-corrected chi connectivity index (χ1v) is 7.68. The van der Waals surface area contributed by atoms with Crippen molar-refractivity contribution < 1.29 is 19.0 Å². The van der Waals surface area contributed by atoms with E-state index < -0.39 is 11.8 Å². The number of aryl methyl sites for hydroxylation is 2. The lowest BCUT2D eigenvalue weighted by molar-refractivity contribution is 0.0728. The molecule has 4 nitrogen and oxygen atoms in total. The zero-order chi connectivity index (χ0) is 18.0. The van der Waals surface area contributed by atoms with Crippen LogP contribution in [0, 0.1) is 19.7 Å². The molecule has 0 radical (unpaired) electrons. The molecular weight excluding hydrogens is 321 g/mol. The summed E-state index contributed by atoms with van der Waals surface area (Å²) < 4.78 is 18.0. The molecule has 126 valence electrons. The average molecular weight is 337 g/mol. The second kappa shape index (κ2) is 6.73. The van der Waals surface area contributed by atoms with Crippen LogP contribution < -0.4 is 4.74 Å². The number of phenols is 1. The smallest absolute Gasteiger partial charge is 0.362 e. The highest BCUT2D eigenvalue weighted by Crippen LogP contribution is 2.28. The van der Waals surface area contributed by atoms with Crippen molar-refractivity contribution in [3.05, 3.63) is 77.4 Å². The van der Waals surface area contributed by atoms with E-state index in [1.807, 2.05) is 26.0 Å². The van der Waals surface area contributed by atoms with Crippen molar-refractivity contribution in [3.8, 4) is 22.6 Å². The van der Waals surface area contributed by atoms with E-state index in [0.717, 1.165) is 22.3 Å². The van der Waals surface area contributed by atoms with Gasteiger partial charge in [0.05, 0.1) is 0 Å². The van der Waals surface area contributed by atoms with Crippen LogP contribution in [0.1, 0.15) is 21.6 Å². The number of halogens is 1. The number of esters is 1. The standard InChI is InChI=1S/C20H16FNO3/c1-12-9-15(10-13(2)19(12)23)14-3-8-18(22-11-14)20(24)25-17-6-4-16(21)5-7-17/h3-11,23H,1-2H3. The molecule has 0 amide bonds. The van der Waals surface area contributed by atoms with Gasteiger partial charge in [-0.2, -0.15) is 0 Å². The van der Waals surface area contributed by atoms with Gasteiger partial charge in [0.2, 0.25) is 0 Å². The van der Waals surface area contributed by atoms with Gasteiger partial charge in [-0.3, -0.25) is 0 Å². The van der Waals surface area contributed by atoms with Crippen LogP contribution in [0.25, 0.3) is 11.1 Å². The van der Waals surface area contributed by atoms with Crippen LogP contribution in [0.15, 0.2) is 54.7 Å². The minimum Gasteiger partial charge on any atom is -0.507 e. The molecule has 0 unspecified atom stereocenters. The monoisotopic (exact) mass is 337 g/mol. The number of pyridine rings is 1. The Morgan fingerprint density at radius 3 is 2.20 bits per heavy atom. The van der Waals surface area contributed by atoms with Crippen LogP contribution >= 0.6 is 0 Å². The number of rotatable bonds is 3. The molecule has 0 bridgehead atoms. The second-order valence-electron chi connectivity index (χ2n) is 5.73. The van der Waals surface area contributed by atoms with Crippen LogP contribution in [0.5, 0.6) is 11.5 Å². The third-order valence-corrected chi connectivity index (χ3v) is 3.82. The van der Waals surface area contributed by atoms with E-state index in [1.54, 1.807) is 18.3 Å². The zero-order valence-electron chi connectivity index (χ0n) is 13.8. The number of phenolic OH excluding ortho intramolecular Hbond substituents is 1. The molecule has 0 aliphatic heterocycles. The Bertz CT molecular complexity index is 896. The van der Waals surface area contributed by atoms with E-state index in [4.69, 9.17) is 4.74 Å². The SMILES string of the molecule is Cc1cc(-c2ccc(C(=O)Oc3ccc(F)cc3)nc2)cc(C)c1O. The Kier molecular flexibility index (Phi) is 4.48. The van der Waals surface area contributed by atoms with Gasteiger partial charge in [0.15, 0.2) is 0 Å². The maximum atomic E-state index is 12.9. The molecule has 0 saturated heterocycles.